The van der Waals surface area contributed by atoms with Crippen LogP contribution in [0.25, 0.3) is 0 Å². The number of aryl methyl sites for hydroxylation is 2. The van der Waals surface area contributed by atoms with Crippen LogP contribution in [0.1, 0.15) is 30.5 Å². The second-order valence-corrected chi connectivity index (χ2v) is 8.09. The van der Waals surface area contributed by atoms with Crippen molar-refractivity contribution < 1.29 is 17.4 Å². The van der Waals surface area contributed by atoms with Crippen molar-refractivity contribution in [2.24, 2.45) is 0 Å². The summed E-state index contributed by atoms with van der Waals surface area (Å²) in [6.45, 7) is 7.15. The Morgan fingerprint density at radius 2 is 1.88 bits per heavy atom. The van der Waals surface area contributed by atoms with E-state index in [-0.39, 0.29) is 16.8 Å². The summed E-state index contributed by atoms with van der Waals surface area (Å²) in [6, 6.07) is 10.2. The molecule has 6 heteroatoms. The fourth-order valence-electron chi connectivity index (χ4n) is 3.21. The van der Waals surface area contributed by atoms with Crippen LogP contribution < -0.4 is 9.08 Å². The molecule has 0 radical (unpaired) electrons. The van der Waals surface area contributed by atoms with Crippen molar-refractivity contribution in [1.82, 2.24) is 0 Å². The van der Waals surface area contributed by atoms with Gasteiger partial charge in [-0.3, -0.25) is 4.79 Å². The topological polar surface area (TPSA) is 63.7 Å². The molecule has 2 aromatic carbocycles. The zero-order chi connectivity index (χ0) is 18.4. The molecule has 1 atom stereocenters. The highest BCUT2D eigenvalue weighted by molar-refractivity contribution is 7.87. The number of carbonyl (C=O) groups excluding carboxylic acids is 1. The van der Waals surface area contributed by atoms with Crippen LogP contribution in [0.4, 0.5) is 5.69 Å². The minimum absolute atomic E-state index is 0.0189. The molecule has 2 aromatic rings. The fraction of sp³-hybridized carbons (Fsp3) is 0.316. The second-order valence-electron chi connectivity index (χ2n) is 6.54. The average molecular weight is 359 g/mol. The van der Waals surface area contributed by atoms with Gasteiger partial charge >= 0.3 is 10.1 Å². The summed E-state index contributed by atoms with van der Waals surface area (Å²) < 4.78 is 30.7. The summed E-state index contributed by atoms with van der Waals surface area (Å²) in [5.41, 5.74) is 3.29. The summed E-state index contributed by atoms with van der Waals surface area (Å²) in [5.74, 6) is 0.285. The maximum atomic E-state index is 12.7. The van der Waals surface area contributed by atoms with Crippen LogP contribution >= 0.6 is 0 Å². The van der Waals surface area contributed by atoms with Crippen molar-refractivity contribution in [3.8, 4) is 5.75 Å². The van der Waals surface area contributed by atoms with Crippen molar-refractivity contribution in [1.29, 1.82) is 0 Å². The van der Waals surface area contributed by atoms with Gasteiger partial charge in [0.15, 0.2) is 0 Å². The van der Waals surface area contributed by atoms with Crippen LogP contribution in [-0.4, -0.2) is 20.4 Å². The van der Waals surface area contributed by atoms with Crippen molar-refractivity contribution >= 4 is 21.7 Å². The molecule has 0 aliphatic carbocycles. The minimum atomic E-state index is -3.93. The van der Waals surface area contributed by atoms with Gasteiger partial charge in [0, 0.05) is 18.7 Å². The molecule has 1 aliphatic heterocycles. The first-order valence-electron chi connectivity index (χ1n) is 8.13. The highest BCUT2D eigenvalue weighted by Gasteiger charge is 2.30. The van der Waals surface area contributed by atoms with E-state index in [4.69, 9.17) is 4.18 Å². The molecule has 1 heterocycles. The standard InChI is InChI=1S/C19H21NO4S/c1-12-5-6-13(2)19(9-12)24-25(22,23)17-7-8-18-16(11-17)10-14(3)20(18)15(4)21/h5-9,11,14H,10H2,1-4H3. The van der Waals surface area contributed by atoms with E-state index in [0.717, 1.165) is 22.4 Å². The lowest BCUT2D eigenvalue weighted by molar-refractivity contribution is -0.116. The van der Waals surface area contributed by atoms with E-state index in [0.29, 0.717) is 12.2 Å². The Labute approximate surface area is 148 Å². The molecule has 3 rings (SSSR count). The number of fused-ring (bicyclic) bond motifs is 1. The first-order chi connectivity index (χ1) is 11.7. The summed E-state index contributed by atoms with van der Waals surface area (Å²) in [7, 11) is -3.93. The van der Waals surface area contributed by atoms with E-state index in [2.05, 4.69) is 0 Å². The van der Waals surface area contributed by atoms with E-state index in [9.17, 15) is 13.2 Å². The van der Waals surface area contributed by atoms with E-state index in [1.807, 2.05) is 26.0 Å². The normalized spacial score (nSPS) is 16.6. The number of hydrogen-bond donors (Lipinski definition) is 0. The van der Waals surface area contributed by atoms with Gasteiger partial charge in [-0.25, -0.2) is 0 Å². The maximum absolute atomic E-state index is 12.7. The van der Waals surface area contributed by atoms with Gasteiger partial charge in [0.25, 0.3) is 0 Å². The molecule has 0 N–H and O–H groups in total. The quantitative estimate of drug-likeness (QED) is 0.788. The molecule has 25 heavy (non-hydrogen) atoms. The molecule has 0 saturated heterocycles. The van der Waals surface area contributed by atoms with E-state index >= 15 is 0 Å². The Morgan fingerprint density at radius 3 is 2.56 bits per heavy atom. The van der Waals surface area contributed by atoms with Gasteiger partial charge in [-0.2, -0.15) is 8.42 Å². The highest BCUT2D eigenvalue weighted by atomic mass is 32.2. The molecule has 0 aromatic heterocycles. The third-order valence-corrected chi connectivity index (χ3v) is 5.67. The van der Waals surface area contributed by atoms with Crippen LogP contribution in [0.3, 0.4) is 0 Å². The Morgan fingerprint density at radius 1 is 1.16 bits per heavy atom. The first kappa shape index (κ1) is 17.5. The molecular weight excluding hydrogens is 338 g/mol. The van der Waals surface area contributed by atoms with Gasteiger partial charge < -0.3 is 9.08 Å². The van der Waals surface area contributed by atoms with Gasteiger partial charge in [0.2, 0.25) is 5.91 Å². The minimum Gasteiger partial charge on any atom is -0.379 e. The van der Waals surface area contributed by atoms with Crippen LogP contribution in [0.15, 0.2) is 41.3 Å². The lowest BCUT2D eigenvalue weighted by Gasteiger charge is -2.20. The number of anilines is 1. The monoisotopic (exact) mass is 359 g/mol. The van der Waals surface area contributed by atoms with Crippen molar-refractivity contribution in [2.75, 3.05) is 4.90 Å². The van der Waals surface area contributed by atoms with Gasteiger partial charge in [0.1, 0.15) is 10.6 Å². The molecule has 0 spiro atoms. The number of carbonyl (C=O) groups is 1. The second kappa shape index (κ2) is 6.19. The van der Waals surface area contributed by atoms with Crippen molar-refractivity contribution in [2.45, 2.75) is 45.1 Å². The van der Waals surface area contributed by atoms with Crippen molar-refractivity contribution in [3.63, 3.8) is 0 Å². The predicted molar refractivity (Wildman–Crippen MR) is 96.5 cm³/mol. The van der Waals surface area contributed by atoms with E-state index in [1.54, 1.807) is 30.0 Å². The van der Waals surface area contributed by atoms with Gasteiger partial charge in [-0.1, -0.05) is 12.1 Å². The van der Waals surface area contributed by atoms with Gasteiger partial charge in [-0.15, -0.1) is 0 Å². The number of nitrogens with zero attached hydrogens (tertiary/aromatic N) is 1. The largest absolute Gasteiger partial charge is 0.379 e. The summed E-state index contributed by atoms with van der Waals surface area (Å²) >= 11 is 0. The summed E-state index contributed by atoms with van der Waals surface area (Å²) in [4.78, 5) is 13.6. The first-order valence-corrected chi connectivity index (χ1v) is 9.54. The molecular formula is C19H21NO4S. The van der Waals surface area contributed by atoms with Crippen LogP contribution in [0.5, 0.6) is 5.75 Å². The molecule has 0 saturated carbocycles. The number of amides is 1. The lowest BCUT2D eigenvalue weighted by atomic mass is 10.1. The zero-order valence-electron chi connectivity index (χ0n) is 14.7. The molecule has 132 valence electrons. The Bertz CT molecular complexity index is 950. The fourth-order valence-corrected chi connectivity index (χ4v) is 4.24. The summed E-state index contributed by atoms with van der Waals surface area (Å²) in [5, 5.41) is 0. The van der Waals surface area contributed by atoms with E-state index < -0.39 is 10.1 Å². The molecule has 0 bridgehead atoms. The zero-order valence-corrected chi connectivity index (χ0v) is 15.6. The highest BCUT2D eigenvalue weighted by Crippen LogP contribution is 2.34. The van der Waals surface area contributed by atoms with E-state index in [1.165, 1.54) is 13.0 Å². The SMILES string of the molecule is CC(=O)N1c2ccc(S(=O)(=O)Oc3cc(C)ccc3C)cc2CC1C. The average Bonchev–Trinajstić information content (AvgIpc) is 2.85. The predicted octanol–water partition coefficient (Wildman–Crippen LogP) is 3.37. The third-order valence-electron chi connectivity index (χ3n) is 4.44. The Balaban J connectivity index is 1.96. The van der Waals surface area contributed by atoms with Crippen molar-refractivity contribution in [3.05, 3.63) is 53.1 Å². The number of benzene rings is 2. The number of rotatable bonds is 3. The Hall–Kier alpha value is -2.34. The smallest absolute Gasteiger partial charge is 0.339 e. The van der Waals surface area contributed by atoms with Crippen LogP contribution in [0, 0.1) is 13.8 Å². The lowest BCUT2D eigenvalue weighted by Crippen LogP contribution is -2.33. The molecule has 1 amide bonds. The summed E-state index contributed by atoms with van der Waals surface area (Å²) in [6.07, 6.45) is 0.627. The molecule has 1 aliphatic rings. The molecule has 0 fully saturated rings. The van der Waals surface area contributed by atoms with Gasteiger partial charge in [0.05, 0.1) is 0 Å². The van der Waals surface area contributed by atoms with Crippen LogP contribution in [0.2, 0.25) is 0 Å². The van der Waals surface area contributed by atoms with Crippen LogP contribution in [-0.2, 0) is 21.3 Å². The van der Waals surface area contributed by atoms with Gasteiger partial charge in [-0.05, 0) is 68.1 Å². The molecule has 5 nitrogen and oxygen atoms in total. The number of hydrogen-bond acceptors (Lipinski definition) is 4. The molecule has 1 unspecified atom stereocenters. The third kappa shape index (κ3) is 3.26. The Kier molecular flexibility index (Phi) is 4.33. The maximum Gasteiger partial charge on any atom is 0.339 e.